The Bertz CT molecular complexity index is 918. The van der Waals surface area contributed by atoms with E-state index in [0.717, 1.165) is 0 Å². The van der Waals surface area contributed by atoms with Gasteiger partial charge >= 0.3 is 0 Å². The third-order valence-corrected chi connectivity index (χ3v) is 3.07. The minimum absolute atomic E-state index is 0.00370. The molecule has 24 heavy (non-hydrogen) atoms. The molecule has 1 aromatic carbocycles. The molecule has 0 aliphatic carbocycles. The summed E-state index contributed by atoms with van der Waals surface area (Å²) in [4.78, 5) is 23.6. The third-order valence-electron chi connectivity index (χ3n) is 3.07. The molecule has 116 valence electrons. The van der Waals surface area contributed by atoms with Crippen LogP contribution in [-0.2, 0) is 0 Å². The zero-order chi connectivity index (χ0) is 16.8. The van der Waals surface area contributed by atoms with Crippen LogP contribution in [0.2, 0.25) is 0 Å². The Morgan fingerprint density at radius 2 is 1.92 bits per heavy atom. The van der Waals surface area contributed by atoms with Crippen molar-refractivity contribution in [2.45, 2.75) is 0 Å². The summed E-state index contributed by atoms with van der Waals surface area (Å²) in [5.74, 6) is 1.59. The average Bonchev–Trinajstić information content (AvgIpc) is 2.64. The van der Waals surface area contributed by atoms with E-state index in [2.05, 4.69) is 32.2 Å². The molecule has 0 fully saturated rings. The van der Waals surface area contributed by atoms with Crippen LogP contribution >= 0.6 is 0 Å². The highest BCUT2D eigenvalue weighted by Crippen LogP contribution is 2.13. The Morgan fingerprint density at radius 3 is 2.62 bits per heavy atom. The van der Waals surface area contributed by atoms with Crippen molar-refractivity contribution in [1.82, 2.24) is 20.3 Å². The van der Waals surface area contributed by atoms with Crippen molar-refractivity contribution in [3.63, 3.8) is 0 Å². The van der Waals surface area contributed by atoms with Crippen LogP contribution < -0.4 is 5.32 Å². The number of halogens is 1. The zero-order valence-electron chi connectivity index (χ0n) is 12.4. The summed E-state index contributed by atoms with van der Waals surface area (Å²) >= 11 is 0. The smallest absolute Gasteiger partial charge is 0.262 e. The van der Waals surface area contributed by atoms with Gasteiger partial charge in [0.05, 0.1) is 5.56 Å². The number of aromatic nitrogens is 3. The lowest BCUT2D eigenvalue weighted by Crippen LogP contribution is -2.17. The van der Waals surface area contributed by atoms with E-state index in [-0.39, 0.29) is 17.3 Å². The van der Waals surface area contributed by atoms with Crippen molar-refractivity contribution < 1.29 is 9.18 Å². The van der Waals surface area contributed by atoms with Gasteiger partial charge in [0.2, 0.25) is 5.95 Å². The molecule has 0 atom stereocenters. The summed E-state index contributed by atoms with van der Waals surface area (Å²) in [7, 11) is 0. The fourth-order valence-corrected chi connectivity index (χ4v) is 1.90. The van der Waals surface area contributed by atoms with Gasteiger partial charge in [0.1, 0.15) is 0 Å². The average molecular weight is 318 g/mol. The number of rotatable bonds is 2. The molecule has 6 heteroatoms. The predicted molar refractivity (Wildman–Crippen MR) is 86.0 cm³/mol. The van der Waals surface area contributed by atoms with Crippen LogP contribution in [0.3, 0.4) is 0 Å². The van der Waals surface area contributed by atoms with Gasteiger partial charge in [0, 0.05) is 35.8 Å². The van der Waals surface area contributed by atoms with E-state index in [0.29, 0.717) is 11.1 Å². The van der Waals surface area contributed by atoms with Crippen molar-refractivity contribution in [3.05, 3.63) is 78.1 Å². The van der Waals surface area contributed by atoms with Crippen LogP contribution in [0.25, 0.3) is 11.4 Å². The Morgan fingerprint density at radius 1 is 1.08 bits per heavy atom. The van der Waals surface area contributed by atoms with Gasteiger partial charge < -0.3 is 0 Å². The van der Waals surface area contributed by atoms with Crippen LogP contribution in [0.15, 0.2) is 61.1 Å². The quantitative estimate of drug-likeness (QED) is 0.448. The van der Waals surface area contributed by atoms with E-state index < -0.39 is 5.95 Å². The standard InChI is InChI=1S/C18H11FN4O/c19-16-14(8-10-21-18(24)13-5-2-1-3-6-13)12-22-17(23-16)15-7-4-9-20-11-15/h1-7,9,11-12H,(H,21,24). The Hall–Kier alpha value is -3.59. The molecular formula is C18H11FN4O. The summed E-state index contributed by atoms with van der Waals surface area (Å²) in [6.45, 7) is 0. The zero-order valence-corrected chi connectivity index (χ0v) is 12.4. The van der Waals surface area contributed by atoms with Gasteiger partial charge in [-0.05, 0) is 30.2 Å². The van der Waals surface area contributed by atoms with Crippen molar-refractivity contribution in [2.24, 2.45) is 0 Å². The van der Waals surface area contributed by atoms with Gasteiger partial charge in [-0.25, -0.2) is 4.98 Å². The van der Waals surface area contributed by atoms with Crippen LogP contribution in [-0.4, -0.2) is 20.9 Å². The first-order valence-electron chi connectivity index (χ1n) is 7.03. The lowest BCUT2D eigenvalue weighted by Gasteiger charge is -2.00. The Kier molecular flexibility index (Phi) is 4.54. The number of carbonyl (C=O) groups is 1. The normalized spacial score (nSPS) is 9.71. The van der Waals surface area contributed by atoms with E-state index in [1.165, 1.54) is 6.20 Å². The number of hydrogen-bond donors (Lipinski definition) is 1. The molecule has 0 bridgehead atoms. The topological polar surface area (TPSA) is 67.8 Å². The molecule has 0 radical (unpaired) electrons. The maximum absolute atomic E-state index is 14.0. The molecule has 2 heterocycles. The number of pyridine rings is 1. The second kappa shape index (κ2) is 7.11. The summed E-state index contributed by atoms with van der Waals surface area (Å²) < 4.78 is 14.0. The number of amides is 1. The van der Waals surface area contributed by atoms with Crippen LogP contribution in [0.4, 0.5) is 4.39 Å². The first kappa shape index (κ1) is 15.3. The summed E-state index contributed by atoms with van der Waals surface area (Å²) in [5, 5.41) is 2.39. The number of nitrogens with one attached hydrogen (secondary N) is 1. The first-order chi connectivity index (χ1) is 11.7. The molecule has 0 aliphatic rings. The van der Waals surface area contributed by atoms with Crippen molar-refractivity contribution >= 4 is 5.91 Å². The van der Waals surface area contributed by atoms with Crippen molar-refractivity contribution in [2.75, 3.05) is 0 Å². The van der Waals surface area contributed by atoms with E-state index in [4.69, 9.17) is 0 Å². The molecule has 3 aromatic rings. The van der Waals surface area contributed by atoms with Crippen molar-refractivity contribution in [3.8, 4) is 23.4 Å². The third kappa shape index (κ3) is 3.59. The van der Waals surface area contributed by atoms with Gasteiger partial charge in [-0.3, -0.25) is 15.1 Å². The highest BCUT2D eigenvalue weighted by Gasteiger charge is 2.07. The van der Waals surface area contributed by atoms with Gasteiger partial charge in [0.15, 0.2) is 5.82 Å². The number of carbonyl (C=O) groups excluding carboxylic acids is 1. The predicted octanol–water partition coefficient (Wildman–Crippen LogP) is 2.42. The lowest BCUT2D eigenvalue weighted by molar-refractivity contribution is 0.0973. The molecular weight excluding hydrogens is 307 g/mol. The number of benzene rings is 1. The molecule has 1 N–H and O–H groups in total. The second-order valence-corrected chi connectivity index (χ2v) is 4.71. The molecule has 2 aromatic heterocycles. The molecule has 3 rings (SSSR count). The van der Waals surface area contributed by atoms with Crippen LogP contribution in [0, 0.1) is 17.9 Å². The van der Waals surface area contributed by atoms with E-state index in [9.17, 15) is 9.18 Å². The van der Waals surface area contributed by atoms with E-state index in [1.54, 1.807) is 54.9 Å². The minimum atomic E-state index is -0.759. The molecule has 0 aliphatic heterocycles. The highest BCUT2D eigenvalue weighted by molar-refractivity contribution is 5.95. The summed E-state index contributed by atoms with van der Waals surface area (Å²) in [6.07, 6.45) is 4.42. The first-order valence-corrected chi connectivity index (χ1v) is 7.03. The summed E-state index contributed by atoms with van der Waals surface area (Å²) in [5.41, 5.74) is 1.07. The number of nitrogens with zero attached hydrogens (tertiary/aromatic N) is 3. The van der Waals surface area contributed by atoms with Crippen LogP contribution in [0.1, 0.15) is 15.9 Å². The second-order valence-electron chi connectivity index (χ2n) is 4.71. The molecule has 0 spiro atoms. The highest BCUT2D eigenvalue weighted by atomic mass is 19.1. The van der Waals surface area contributed by atoms with Crippen molar-refractivity contribution in [1.29, 1.82) is 0 Å². The number of hydrogen-bond acceptors (Lipinski definition) is 4. The Balaban J connectivity index is 1.74. The molecule has 0 saturated heterocycles. The minimum Gasteiger partial charge on any atom is -0.281 e. The summed E-state index contributed by atoms with van der Waals surface area (Å²) in [6, 6.07) is 14.5. The Labute approximate surface area is 137 Å². The monoisotopic (exact) mass is 318 g/mol. The molecule has 0 saturated carbocycles. The van der Waals surface area contributed by atoms with Crippen LogP contribution in [0.5, 0.6) is 0 Å². The van der Waals surface area contributed by atoms with E-state index >= 15 is 0 Å². The largest absolute Gasteiger partial charge is 0.281 e. The van der Waals surface area contributed by atoms with E-state index in [1.807, 2.05) is 0 Å². The lowest BCUT2D eigenvalue weighted by atomic mass is 10.2. The molecule has 1 amide bonds. The molecule has 0 unspecified atom stereocenters. The fourth-order valence-electron chi connectivity index (χ4n) is 1.90. The van der Waals surface area contributed by atoms with Gasteiger partial charge in [-0.15, -0.1) is 0 Å². The SMILES string of the molecule is O=C(NC#Cc1cnc(-c2cccnc2)nc1F)c1ccccc1. The van der Waals surface area contributed by atoms with Gasteiger partial charge in [-0.2, -0.15) is 9.37 Å². The maximum atomic E-state index is 14.0. The fraction of sp³-hybridized carbons (Fsp3) is 0. The van der Waals surface area contributed by atoms with Gasteiger partial charge in [-0.1, -0.05) is 18.2 Å². The van der Waals surface area contributed by atoms with Gasteiger partial charge in [0.25, 0.3) is 5.91 Å². The molecule has 5 nitrogen and oxygen atoms in total. The maximum Gasteiger partial charge on any atom is 0.262 e.